The number of benzene rings is 2. The first kappa shape index (κ1) is 32.9. The summed E-state index contributed by atoms with van der Waals surface area (Å²) in [4.78, 5) is 11.9. The number of carbonyl (C=O) groups is 1. The van der Waals surface area contributed by atoms with E-state index in [1.807, 2.05) is 0 Å². The fraction of sp³-hybridized carbons (Fsp3) is 0.480. The van der Waals surface area contributed by atoms with Crippen molar-refractivity contribution in [3.05, 3.63) is 52.8 Å². The minimum Gasteiger partial charge on any atom is -0.486 e. The molecule has 3 rings (SSSR count). The normalized spacial score (nSPS) is 16.3. The first-order valence-electron chi connectivity index (χ1n) is 12.3. The maximum absolute atomic E-state index is 13.8. The van der Waals surface area contributed by atoms with Crippen LogP contribution in [0.3, 0.4) is 0 Å². The number of halogens is 5. The van der Waals surface area contributed by atoms with Gasteiger partial charge >= 0.3 is 12.1 Å². The lowest BCUT2D eigenvalue weighted by Gasteiger charge is -2.36. The van der Waals surface area contributed by atoms with Crippen molar-refractivity contribution < 1.29 is 48.7 Å². The summed E-state index contributed by atoms with van der Waals surface area (Å²) in [7, 11) is -8.15. The number of ether oxygens (including phenoxy) is 2. The van der Waals surface area contributed by atoms with Crippen LogP contribution in [0.5, 0.6) is 5.75 Å². The van der Waals surface area contributed by atoms with Gasteiger partial charge in [0.1, 0.15) is 17.7 Å². The van der Waals surface area contributed by atoms with E-state index in [1.165, 1.54) is 18.2 Å². The predicted molar refractivity (Wildman–Crippen MR) is 143 cm³/mol. The van der Waals surface area contributed by atoms with Crippen molar-refractivity contribution in [2.45, 2.75) is 69.4 Å². The second-order valence-electron chi connectivity index (χ2n) is 10.2. The van der Waals surface area contributed by atoms with Gasteiger partial charge in [-0.3, -0.25) is 9.10 Å². The van der Waals surface area contributed by atoms with Gasteiger partial charge in [-0.05, 0) is 63.6 Å². The highest BCUT2D eigenvalue weighted by Crippen LogP contribution is 2.39. The molecule has 1 heterocycles. The zero-order chi connectivity index (χ0) is 31.0. The Balaban J connectivity index is 1.97. The average molecular weight is 645 g/mol. The van der Waals surface area contributed by atoms with Gasteiger partial charge in [0.25, 0.3) is 10.0 Å². The number of fused-ring (bicyclic) bond motifs is 1. The molecule has 2 aromatic carbocycles. The minimum atomic E-state index is -4.82. The summed E-state index contributed by atoms with van der Waals surface area (Å²) in [6.45, 7) is 4.32. The maximum atomic E-state index is 13.8. The van der Waals surface area contributed by atoms with E-state index in [2.05, 4.69) is 9.46 Å². The van der Waals surface area contributed by atoms with Crippen molar-refractivity contribution >= 4 is 43.3 Å². The van der Waals surface area contributed by atoms with Gasteiger partial charge in [-0.2, -0.15) is 13.2 Å². The number of nitrogens with zero attached hydrogens (tertiary/aromatic N) is 1. The van der Waals surface area contributed by atoms with E-state index in [9.17, 15) is 39.2 Å². The molecule has 1 atom stereocenters. The molecule has 0 aromatic heterocycles. The zero-order valence-electron chi connectivity index (χ0n) is 22.5. The molecule has 1 N–H and O–H groups in total. The number of anilines is 1. The Labute approximate surface area is 240 Å². The first-order chi connectivity index (χ1) is 18.7. The van der Waals surface area contributed by atoms with Crippen LogP contribution < -0.4 is 13.8 Å². The van der Waals surface area contributed by atoms with Gasteiger partial charge in [0.2, 0.25) is 15.6 Å². The van der Waals surface area contributed by atoms with Gasteiger partial charge in [0.05, 0.1) is 34.3 Å². The van der Waals surface area contributed by atoms with Crippen molar-refractivity contribution in [3.8, 4) is 5.75 Å². The molecule has 0 amide bonds. The highest BCUT2D eigenvalue weighted by molar-refractivity contribution is 7.92. The summed E-state index contributed by atoms with van der Waals surface area (Å²) >= 11 is 5.81. The summed E-state index contributed by atoms with van der Waals surface area (Å²) in [6, 6.07) is 6.33. The lowest BCUT2D eigenvalue weighted by Crippen LogP contribution is -2.45. The molecule has 0 radical (unpaired) electrons. The van der Waals surface area contributed by atoms with Gasteiger partial charge in [-0.1, -0.05) is 17.7 Å². The molecule has 9 nitrogen and oxygen atoms in total. The molecule has 0 unspecified atom stereocenters. The van der Waals surface area contributed by atoms with Crippen LogP contribution in [0, 0.1) is 5.82 Å². The summed E-state index contributed by atoms with van der Waals surface area (Å²) in [5.41, 5.74) is -2.70. The number of rotatable bonds is 10. The molecule has 1 aliphatic rings. The van der Waals surface area contributed by atoms with E-state index < -0.39 is 61.2 Å². The molecule has 0 spiro atoms. The van der Waals surface area contributed by atoms with E-state index in [0.717, 1.165) is 22.5 Å². The van der Waals surface area contributed by atoms with Crippen LogP contribution in [0.25, 0.3) is 0 Å². The van der Waals surface area contributed by atoms with Gasteiger partial charge in [-0.15, -0.1) is 0 Å². The second-order valence-corrected chi connectivity index (χ2v) is 14.3. The Kier molecular flexibility index (Phi) is 9.57. The number of sulfonamides is 2. The van der Waals surface area contributed by atoms with Crippen LogP contribution >= 0.6 is 11.6 Å². The Hall–Kier alpha value is -2.62. The summed E-state index contributed by atoms with van der Waals surface area (Å²) in [6.07, 6.45) is -6.47. The van der Waals surface area contributed by atoms with Crippen LogP contribution in [0.2, 0.25) is 5.02 Å². The molecular weight excluding hydrogens is 616 g/mol. The fourth-order valence-corrected chi connectivity index (χ4v) is 7.04. The largest absolute Gasteiger partial charge is 0.486 e. The first-order valence-corrected chi connectivity index (χ1v) is 15.7. The van der Waals surface area contributed by atoms with Crippen LogP contribution in [-0.2, 0) is 36.0 Å². The maximum Gasteiger partial charge on any atom is 0.427 e. The van der Waals surface area contributed by atoms with Gasteiger partial charge in [0, 0.05) is 12.5 Å². The molecular formula is C25H29ClF4N2O7S2. The van der Waals surface area contributed by atoms with Gasteiger partial charge < -0.3 is 9.47 Å². The fourth-order valence-electron chi connectivity index (χ4n) is 3.86. The van der Waals surface area contributed by atoms with Crippen molar-refractivity contribution in [3.63, 3.8) is 0 Å². The smallest absolute Gasteiger partial charge is 0.427 e. The van der Waals surface area contributed by atoms with E-state index in [-0.39, 0.29) is 46.7 Å². The van der Waals surface area contributed by atoms with E-state index in [0.29, 0.717) is 13.8 Å². The average Bonchev–Trinajstić information content (AvgIpc) is 2.82. The molecule has 0 saturated heterocycles. The number of nitrogens with one attached hydrogen (secondary N) is 1. The second kappa shape index (κ2) is 11.9. The summed E-state index contributed by atoms with van der Waals surface area (Å²) in [5.74, 6) is -2.42. The molecule has 2 aromatic rings. The lowest BCUT2D eigenvalue weighted by atomic mass is 10.1. The highest BCUT2D eigenvalue weighted by atomic mass is 35.5. The third-order valence-electron chi connectivity index (χ3n) is 5.96. The molecule has 0 saturated carbocycles. The number of carbonyl (C=O) groups excluding carboxylic acids is 1. The topological polar surface area (TPSA) is 119 Å². The Morgan fingerprint density at radius 1 is 1.15 bits per heavy atom. The van der Waals surface area contributed by atoms with Crippen LogP contribution in [-0.4, -0.2) is 59.0 Å². The third-order valence-corrected chi connectivity index (χ3v) is 9.63. The molecule has 0 bridgehead atoms. The van der Waals surface area contributed by atoms with Gasteiger partial charge in [-0.25, -0.2) is 25.9 Å². The number of hydrogen-bond donors (Lipinski definition) is 1. The standard InChI is InChI=1S/C25H29ClF4N2O7S2/c1-15(2)31-40(34,35)10-9-17-14-32(41(36,37)18-6-7-20(27)19(26)13-18)21-11-16(5-8-22(21)38-17)12-23(33)39-24(3,4)25(28,29)30/h5-8,11,13,15,17,31H,9-10,12,14H2,1-4H3/t17-/m0/s1. The van der Waals surface area contributed by atoms with Crippen molar-refractivity contribution in [1.29, 1.82) is 0 Å². The molecule has 0 aliphatic carbocycles. The summed E-state index contributed by atoms with van der Waals surface area (Å²) in [5, 5.41) is -0.453. The summed E-state index contributed by atoms with van der Waals surface area (Å²) < 4.78 is 119. The number of hydrogen-bond acceptors (Lipinski definition) is 7. The third kappa shape index (κ3) is 8.02. The number of alkyl halides is 3. The minimum absolute atomic E-state index is 0.0139. The molecule has 228 valence electrons. The Morgan fingerprint density at radius 2 is 1.80 bits per heavy atom. The molecule has 16 heteroatoms. The quantitative estimate of drug-likeness (QED) is 0.297. The Morgan fingerprint density at radius 3 is 2.39 bits per heavy atom. The van der Waals surface area contributed by atoms with Crippen molar-refractivity contribution in [2.75, 3.05) is 16.6 Å². The predicted octanol–water partition coefficient (Wildman–Crippen LogP) is 4.58. The van der Waals surface area contributed by atoms with E-state index in [4.69, 9.17) is 16.3 Å². The zero-order valence-corrected chi connectivity index (χ0v) is 24.8. The molecule has 0 fully saturated rings. The number of esters is 1. The molecule has 41 heavy (non-hydrogen) atoms. The van der Waals surface area contributed by atoms with Crippen LogP contribution in [0.1, 0.15) is 39.7 Å². The highest BCUT2D eigenvalue weighted by Gasteiger charge is 2.50. The monoisotopic (exact) mass is 644 g/mol. The molecule has 1 aliphatic heterocycles. The van der Waals surface area contributed by atoms with Gasteiger partial charge in [0.15, 0.2) is 0 Å². The van der Waals surface area contributed by atoms with Crippen molar-refractivity contribution in [2.24, 2.45) is 0 Å². The van der Waals surface area contributed by atoms with E-state index in [1.54, 1.807) is 13.8 Å². The van der Waals surface area contributed by atoms with Crippen LogP contribution in [0.15, 0.2) is 41.3 Å². The SMILES string of the molecule is CC(C)NS(=O)(=O)CC[C@H]1CN(S(=O)(=O)c2ccc(F)c(Cl)c2)c2cc(CC(=O)OC(C)(C)C(F)(F)F)ccc2O1. The van der Waals surface area contributed by atoms with Crippen LogP contribution in [0.4, 0.5) is 23.2 Å². The lowest BCUT2D eigenvalue weighted by molar-refractivity contribution is -0.257. The Bertz CT molecular complexity index is 1510. The van der Waals surface area contributed by atoms with E-state index >= 15 is 0 Å². The van der Waals surface area contributed by atoms with Crippen molar-refractivity contribution in [1.82, 2.24) is 4.72 Å².